The van der Waals surface area contributed by atoms with Crippen molar-refractivity contribution < 1.29 is 4.79 Å². The van der Waals surface area contributed by atoms with Crippen LogP contribution in [0.15, 0.2) is 23.3 Å². The summed E-state index contributed by atoms with van der Waals surface area (Å²) in [6, 6.07) is 0. The summed E-state index contributed by atoms with van der Waals surface area (Å²) in [5.74, 6) is 3.78. The van der Waals surface area contributed by atoms with E-state index in [-0.39, 0.29) is 5.41 Å². The Labute approximate surface area is 141 Å². The standard InChI is InChI=1S/C22H32O/c1-5-18-14(2)12-20-17-7-6-15-13-16(23)8-10-21(15,3)19(17)9-11-22(18,20)4/h9,13-14,17-18,20H,5-8,10-12H2,1-4H3. The zero-order valence-electron chi connectivity index (χ0n) is 15.3. The minimum absolute atomic E-state index is 0.200. The monoisotopic (exact) mass is 312 g/mol. The molecule has 0 aliphatic heterocycles. The Balaban J connectivity index is 1.75. The van der Waals surface area contributed by atoms with E-state index in [1.165, 1.54) is 31.3 Å². The van der Waals surface area contributed by atoms with Gasteiger partial charge in [0.1, 0.15) is 0 Å². The smallest absolute Gasteiger partial charge is 0.155 e. The van der Waals surface area contributed by atoms with Gasteiger partial charge >= 0.3 is 0 Å². The molecule has 0 N–H and O–H groups in total. The van der Waals surface area contributed by atoms with E-state index in [1.807, 2.05) is 6.08 Å². The van der Waals surface area contributed by atoms with Crippen LogP contribution < -0.4 is 0 Å². The van der Waals surface area contributed by atoms with Gasteiger partial charge in [0, 0.05) is 11.8 Å². The van der Waals surface area contributed by atoms with Crippen molar-refractivity contribution in [3.63, 3.8) is 0 Å². The fraction of sp³-hybridized carbons (Fsp3) is 0.773. The number of carbonyl (C=O) groups excluding carboxylic acids is 1. The Hall–Kier alpha value is -0.850. The number of allylic oxidation sites excluding steroid dienone is 4. The van der Waals surface area contributed by atoms with Crippen molar-refractivity contribution in [3.05, 3.63) is 23.3 Å². The maximum atomic E-state index is 11.9. The van der Waals surface area contributed by atoms with Crippen molar-refractivity contribution in [1.82, 2.24) is 0 Å². The lowest BCUT2D eigenvalue weighted by atomic mass is 9.51. The topological polar surface area (TPSA) is 17.1 Å². The van der Waals surface area contributed by atoms with E-state index in [4.69, 9.17) is 0 Å². The Morgan fingerprint density at radius 2 is 2.04 bits per heavy atom. The molecule has 2 saturated carbocycles. The molecule has 0 saturated heterocycles. The Morgan fingerprint density at radius 3 is 2.78 bits per heavy atom. The Bertz CT molecular complexity index is 597. The summed E-state index contributed by atoms with van der Waals surface area (Å²) in [4.78, 5) is 11.9. The highest BCUT2D eigenvalue weighted by Crippen LogP contribution is 2.66. The van der Waals surface area contributed by atoms with E-state index in [1.54, 1.807) is 5.57 Å². The zero-order chi connectivity index (χ0) is 16.4. The van der Waals surface area contributed by atoms with E-state index in [0.29, 0.717) is 11.2 Å². The molecule has 4 rings (SSSR count). The first-order chi connectivity index (χ1) is 10.9. The predicted octanol–water partition coefficient (Wildman–Crippen LogP) is 5.71. The van der Waals surface area contributed by atoms with E-state index in [0.717, 1.165) is 42.9 Å². The van der Waals surface area contributed by atoms with Crippen LogP contribution in [0, 0.1) is 34.5 Å². The zero-order valence-corrected chi connectivity index (χ0v) is 15.3. The SMILES string of the molecule is CCC1C(C)CC2C3CCC4=CC(=O)CCC4(C)C3=CCC12C. The summed E-state index contributed by atoms with van der Waals surface area (Å²) in [7, 11) is 0. The van der Waals surface area contributed by atoms with Crippen LogP contribution >= 0.6 is 0 Å². The molecule has 4 aliphatic rings. The third-order valence-electron chi connectivity index (χ3n) is 8.37. The van der Waals surface area contributed by atoms with E-state index in [2.05, 4.69) is 33.8 Å². The van der Waals surface area contributed by atoms with Crippen molar-refractivity contribution in [3.8, 4) is 0 Å². The lowest BCUT2D eigenvalue weighted by molar-refractivity contribution is -0.115. The first-order valence-corrected chi connectivity index (χ1v) is 9.84. The Kier molecular flexibility index (Phi) is 3.45. The molecule has 1 nitrogen and oxygen atoms in total. The van der Waals surface area contributed by atoms with Crippen molar-refractivity contribution >= 4 is 5.78 Å². The molecule has 0 radical (unpaired) electrons. The molecule has 0 bridgehead atoms. The molecule has 0 amide bonds. The molecular formula is C22H32O. The second kappa shape index (κ2) is 5.07. The number of hydrogen-bond donors (Lipinski definition) is 0. The molecule has 4 aliphatic carbocycles. The van der Waals surface area contributed by atoms with Crippen LogP contribution in [0.3, 0.4) is 0 Å². The lowest BCUT2D eigenvalue weighted by Crippen LogP contribution is -2.44. The van der Waals surface area contributed by atoms with Crippen molar-refractivity contribution in [2.24, 2.45) is 34.5 Å². The van der Waals surface area contributed by atoms with Gasteiger partial charge in [0.05, 0.1) is 0 Å². The lowest BCUT2D eigenvalue weighted by Gasteiger charge is -2.53. The maximum Gasteiger partial charge on any atom is 0.155 e. The maximum absolute atomic E-state index is 11.9. The summed E-state index contributed by atoms with van der Waals surface area (Å²) >= 11 is 0. The number of ketones is 1. The largest absolute Gasteiger partial charge is 0.295 e. The minimum Gasteiger partial charge on any atom is -0.295 e. The summed E-state index contributed by atoms with van der Waals surface area (Å²) < 4.78 is 0. The van der Waals surface area contributed by atoms with Gasteiger partial charge in [0.15, 0.2) is 5.78 Å². The van der Waals surface area contributed by atoms with Gasteiger partial charge in [-0.15, -0.1) is 0 Å². The summed E-state index contributed by atoms with van der Waals surface area (Å²) in [6.07, 6.45) is 12.9. The highest BCUT2D eigenvalue weighted by atomic mass is 16.1. The van der Waals surface area contributed by atoms with Crippen LogP contribution in [0.2, 0.25) is 0 Å². The number of rotatable bonds is 1. The summed E-state index contributed by atoms with van der Waals surface area (Å²) in [5, 5.41) is 0. The molecular weight excluding hydrogens is 280 g/mol. The first-order valence-electron chi connectivity index (χ1n) is 9.84. The second-order valence-corrected chi connectivity index (χ2v) is 9.32. The Morgan fingerprint density at radius 1 is 1.26 bits per heavy atom. The molecule has 0 spiro atoms. The molecule has 0 aromatic rings. The van der Waals surface area contributed by atoms with Gasteiger partial charge in [-0.25, -0.2) is 0 Å². The molecule has 6 atom stereocenters. The molecule has 0 heterocycles. The summed E-state index contributed by atoms with van der Waals surface area (Å²) in [5.41, 5.74) is 3.88. The average molecular weight is 312 g/mol. The van der Waals surface area contributed by atoms with E-state index < -0.39 is 0 Å². The average Bonchev–Trinajstić information content (AvgIpc) is 2.77. The molecule has 0 aromatic heterocycles. The number of fused-ring (bicyclic) bond motifs is 5. The number of hydrogen-bond acceptors (Lipinski definition) is 1. The predicted molar refractivity (Wildman–Crippen MR) is 95.0 cm³/mol. The highest BCUT2D eigenvalue weighted by molar-refractivity contribution is 5.92. The van der Waals surface area contributed by atoms with E-state index >= 15 is 0 Å². The van der Waals surface area contributed by atoms with Crippen LogP contribution in [-0.4, -0.2) is 5.78 Å². The molecule has 0 aromatic carbocycles. The fourth-order valence-corrected chi connectivity index (χ4v) is 7.19. The van der Waals surface area contributed by atoms with E-state index in [9.17, 15) is 4.79 Å². The van der Waals surface area contributed by atoms with Crippen LogP contribution in [0.1, 0.15) is 72.6 Å². The van der Waals surface area contributed by atoms with Gasteiger partial charge in [-0.3, -0.25) is 4.79 Å². The molecule has 126 valence electrons. The number of carbonyl (C=O) groups is 1. The van der Waals surface area contributed by atoms with Gasteiger partial charge in [0.2, 0.25) is 0 Å². The van der Waals surface area contributed by atoms with Crippen molar-refractivity contribution in [2.75, 3.05) is 0 Å². The van der Waals surface area contributed by atoms with Gasteiger partial charge < -0.3 is 0 Å². The van der Waals surface area contributed by atoms with Crippen LogP contribution in [0.5, 0.6) is 0 Å². The normalized spacial score (nSPS) is 49.0. The molecule has 2 fully saturated rings. The molecule has 6 unspecified atom stereocenters. The van der Waals surface area contributed by atoms with Crippen molar-refractivity contribution in [2.45, 2.75) is 72.6 Å². The minimum atomic E-state index is 0.200. The quantitative estimate of drug-likeness (QED) is 0.567. The third kappa shape index (κ3) is 2.01. The van der Waals surface area contributed by atoms with Crippen LogP contribution in [-0.2, 0) is 4.79 Å². The highest BCUT2D eigenvalue weighted by Gasteiger charge is 2.57. The van der Waals surface area contributed by atoms with Gasteiger partial charge in [-0.05, 0) is 67.3 Å². The van der Waals surface area contributed by atoms with Crippen LogP contribution in [0.4, 0.5) is 0 Å². The third-order valence-corrected chi connectivity index (χ3v) is 8.37. The van der Waals surface area contributed by atoms with Crippen LogP contribution in [0.25, 0.3) is 0 Å². The van der Waals surface area contributed by atoms with Crippen molar-refractivity contribution in [1.29, 1.82) is 0 Å². The molecule has 1 heteroatoms. The van der Waals surface area contributed by atoms with Gasteiger partial charge in [-0.1, -0.05) is 51.3 Å². The fourth-order valence-electron chi connectivity index (χ4n) is 7.19. The first kappa shape index (κ1) is 15.7. The molecule has 23 heavy (non-hydrogen) atoms. The summed E-state index contributed by atoms with van der Waals surface area (Å²) in [6.45, 7) is 9.90. The second-order valence-electron chi connectivity index (χ2n) is 9.32. The van der Waals surface area contributed by atoms with Gasteiger partial charge in [-0.2, -0.15) is 0 Å². The van der Waals surface area contributed by atoms with Gasteiger partial charge in [0.25, 0.3) is 0 Å².